The van der Waals surface area contributed by atoms with Crippen molar-refractivity contribution in [1.82, 2.24) is 9.97 Å². The molecule has 1 atom stereocenters. The zero-order valence-electron chi connectivity index (χ0n) is 18.7. The van der Waals surface area contributed by atoms with Gasteiger partial charge in [-0.15, -0.1) is 0 Å². The third kappa shape index (κ3) is 5.28. The summed E-state index contributed by atoms with van der Waals surface area (Å²) in [5.41, 5.74) is 8.06. The van der Waals surface area contributed by atoms with Crippen LogP contribution < -0.4 is 5.32 Å². The standard InChI is InChI=1S/C27H30N4/c1-7-9-10-19(4)30-25(8-2)27(31-22-13-14-28-20(5)16-22)21(6)24-17-29-26-15-18(3)11-12-23(24)26/h7-17,27,29H,1,6H2,2-5H3,(H,28,31)/b10-9-,25-8-,30-19-. The van der Waals surface area contributed by atoms with Crippen LogP contribution in [-0.4, -0.2) is 21.7 Å². The van der Waals surface area contributed by atoms with Gasteiger partial charge in [0.15, 0.2) is 0 Å². The number of anilines is 1. The van der Waals surface area contributed by atoms with E-state index in [0.29, 0.717) is 0 Å². The van der Waals surface area contributed by atoms with E-state index in [9.17, 15) is 0 Å². The van der Waals surface area contributed by atoms with Gasteiger partial charge in [-0.25, -0.2) is 0 Å². The lowest BCUT2D eigenvalue weighted by molar-refractivity contribution is 1.00. The summed E-state index contributed by atoms with van der Waals surface area (Å²) >= 11 is 0. The molecule has 3 aromatic rings. The maximum absolute atomic E-state index is 4.87. The molecule has 3 rings (SSSR count). The third-order valence-electron chi connectivity index (χ3n) is 5.11. The van der Waals surface area contributed by atoms with Crippen LogP contribution >= 0.6 is 0 Å². The second-order valence-corrected chi connectivity index (χ2v) is 7.60. The SMILES string of the molecule is C=C\C=C/C(C)=N\C(=C/C)C(Nc1ccnc(C)c1)C(=C)c1c[nH]c2cc(C)ccc12. The van der Waals surface area contributed by atoms with Gasteiger partial charge in [0.25, 0.3) is 0 Å². The molecule has 0 aliphatic heterocycles. The Morgan fingerprint density at radius 3 is 2.74 bits per heavy atom. The van der Waals surface area contributed by atoms with E-state index < -0.39 is 0 Å². The Kier molecular flexibility index (Phi) is 7.03. The molecule has 0 fully saturated rings. The summed E-state index contributed by atoms with van der Waals surface area (Å²) in [5, 5.41) is 4.77. The summed E-state index contributed by atoms with van der Waals surface area (Å²) < 4.78 is 0. The molecule has 0 saturated carbocycles. The zero-order valence-corrected chi connectivity index (χ0v) is 18.7. The highest BCUT2D eigenvalue weighted by Gasteiger charge is 2.21. The Hall–Kier alpha value is -3.66. The summed E-state index contributed by atoms with van der Waals surface area (Å²) in [4.78, 5) is 12.6. The van der Waals surface area contributed by atoms with Gasteiger partial charge in [0.2, 0.25) is 0 Å². The van der Waals surface area contributed by atoms with E-state index in [1.165, 1.54) is 5.56 Å². The number of hydrogen-bond donors (Lipinski definition) is 2. The van der Waals surface area contributed by atoms with Gasteiger partial charge in [0, 0.05) is 46.0 Å². The minimum atomic E-state index is -0.209. The van der Waals surface area contributed by atoms with Crippen LogP contribution in [0.4, 0.5) is 5.69 Å². The van der Waals surface area contributed by atoms with Crippen LogP contribution in [0.3, 0.4) is 0 Å². The molecule has 158 valence electrons. The second kappa shape index (κ2) is 9.90. The fourth-order valence-electron chi connectivity index (χ4n) is 3.55. The molecule has 0 amide bonds. The zero-order chi connectivity index (χ0) is 22.4. The van der Waals surface area contributed by atoms with Crippen LogP contribution in [0.2, 0.25) is 0 Å². The van der Waals surface area contributed by atoms with E-state index in [4.69, 9.17) is 4.99 Å². The Balaban J connectivity index is 2.06. The highest BCUT2D eigenvalue weighted by molar-refractivity contribution is 5.96. The van der Waals surface area contributed by atoms with Gasteiger partial charge < -0.3 is 10.3 Å². The molecule has 1 aromatic carbocycles. The van der Waals surface area contributed by atoms with Crippen molar-refractivity contribution in [2.24, 2.45) is 4.99 Å². The van der Waals surface area contributed by atoms with Gasteiger partial charge in [-0.3, -0.25) is 9.98 Å². The summed E-state index contributed by atoms with van der Waals surface area (Å²) in [6.45, 7) is 16.3. The second-order valence-electron chi connectivity index (χ2n) is 7.60. The number of benzene rings is 1. The minimum Gasteiger partial charge on any atom is -0.373 e. The number of H-pyrrole nitrogens is 1. The number of nitrogens with one attached hydrogen (secondary N) is 2. The summed E-state index contributed by atoms with van der Waals surface area (Å²) in [7, 11) is 0. The molecule has 0 aliphatic rings. The van der Waals surface area contributed by atoms with Gasteiger partial charge in [-0.05, 0) is 63.1 Å². The topological polar surface area (TPSA) is 53.1 Å². The fourth-order valence-corrected chi connectivity index (χ4v) is 3.55. The number of pyridine rings is 1. The number of fused-ring (bicyclic) bond motifs is 1. The van der Waals surface area contributed by atoms with Crippen molar-refractivity contribution in [3.05, 3.63) is 103 Å². The molecule has 0 bridgehead atoms. The first kappa shape index (κ1) is 22.0. The van der Waals surface area contributed by atoms with Crippen LogP contribution in [-0.2, 0) is 0 Å². The third-order valence-corrected chi connectivity index (χ3v) is 5.11. The summed E-state index contributed by atoms with van der Waals surface area (Å²) in [6, 6.07) is 10.2. The van der Waals surface area contributed by atoms with Gasteiger partial charge in [0.1, 0.15) is 0 Å². The van der Waals surface area contributed by atoms with Crippen molar-refractivity contribution in [1.29, 1.82) is 0 Å². The summed E-state index contributed by atoms with van der Waals surface area (Å²) in [5.74, 6) is 0. The average molecular weight is 411 g/mol. The molecule has 1 unspecified atom stereocenters. The van der Waals surface area contributed by atoms with Crippen LogP contribution in [0, 0.1) is 13.8 Å². The Labute approximate surface area is 184 Å². The van der Waals surface area contributed by atoms with Crippen LogP contribution in [0.25, 0.3) is 16.5 Å². The Morgan fingerprint density at radius 2 is 2.03 bits per heavy atom. The largest absolute Gasteiger partial charge is 0.373 e. The molecule has 0 radical (unpaired) electrons. The number of aromatic nitrogens is 2. The number of hydrogen-bond acceptors (Lipinski definition) is 3. The minimum absolute atomic E-state index is 0.209. The fraction of sp³-hybridized carbons (Fsp3) is 0.185. The monoisotopic (exact) mass is 410 g/mol. The van der Waals surface area contributed by atoms with Crippen molar-refractivity contribution in [3.8, 4) is 0 Å². The quantitative estimate of drug-likeness (QED) is 0.318. The number of aromatic amines is 1. The van der Waals surface area contributed by atoms with Gasteiger partial charge >= 0.3 is 0 Å². The normalized spacial score (nSPS) is 13.5. The smallest absolute Gasteiger partial charge is 0.0937 e. The van der Waals surface area contributed by atoms with Gasteiger partial charge in [-0.2, -0.15) is 0 Å². The maximum Gasteiger partial charge on any atom is 0.0937 e. The molecule has 2 aromatic heterocycles. The van der Waals surface area contributed by atoms with Crippen molar-refractivity contribution in [2.45, 2.75) is 33.7 Å². The van der Waals surface area contributed by atoms with E-state index >= 15 is 0 Å². The van der Waals surface area contributed by atoms with E-state index in [1.54, 1.807) is 6.08 Å². The number of aryl methyl sites for hydroxylation is 2. The lowest BCUT2D eigenvalue weighted by atomic mass is 9.96. The molecule has 2 heterocycles. The molecule has 0 saturated heterocycles. The lowest BCUT2D eigenvalue weighted by Crippen LogP contribution is -2.23. The summed E-state index contributed by atoms with van der Waals surface area (Å²) in [6.07, 6.45) is 11.4. The van der Waals surface area contributed by atoms with Crippen LogP contribution in [0.15, 0.2) is 90.9 Å². The molecule has 0 spiro atoms. The van der Waals surface area contributed by atoms with Gasteiger partial charge in [-0.1, -0.05) is 43.5 Å². The predicted molar refractivity (Wildman–Crippen MR) is 135 cm³/mol. The van der Waals surface area contributed by atoms with Crippen molar-refractivity contribution in [2.75, 3.05) is 5.32 Å². The first-order valence-corrected chi connectivity index (χ1v) is 10.4. The first-order chi connectivity index (χ1) is 14.9. The van der Waals surface area contributed by atoms with E-state index in [-0.39, 0.29) is 6.04 Å². The van der Waals surface area contributed by atoms with E-state index in [1.807, 2.05) is 63.5 Å². The highest BCUT2D eigenvalue weighted by Crippen LogP contribution is 2.31. The molecular weight excluding hydrogens is 380 g/mol. The molecular formula is C27H30N4. The maximum atomic E-state index is 4.87. The number of aliphatic imine (C=N–C) groups is 1. The molecule has 2 N–H and O–H groups in total. The lowest BCUT2D eigenvalue weighted by Gasteiger charge is -2.23. The number of rotatable bonds is 8. The number of allylic oxidation sites excluding steroid dienone is 4. The molecule has 31 heavy (non-hydrogen) atoms. The van der Waals surface area contributed by atoms with E-state index in [2.05, 4.69) is 53.6 Å². The van der Waals surface area contributed by atoms with Gasteiger partial charge in [0.05, 0.1) is 11.7 Å². The average Bonchev–Trinajstić information content (AvgIpc) is 3.17. The van der Waals surface area contributed by atoms with Crippen molar-refractivity contribution >= 4 is 27.9 Å². The molecule has 4 nitrogen and oxygen atoms in total. The number of nitrogens with zero attached hydrogens (tertiary/aromatic N) is 2. The van der Waals surface area contributed by atoms with Crippen molar-refractivity contribution < 1.29 is 0 Å². The molecule has 0 aliphatic carbocycles. The van der Waals surface area contributed by atoms with Crippen LogP contribution in [0.1, 0.15) is 30.7 Å². The first-order valence-electron chi connectivity index (χ1n) is 10.4. The van der Waals surface area contributed by atoms with Crippen LogP contribution in [0.5, 0.6) is 0 Å². The van der Waals surface area contributed by atoms with Crippen molar-refractivity contribution in [3.63, 3.8) is 0 Å². The Morgan fingerprint density at radius 1 is 1.23 bits per heavy atom. The highest BCUT2D eigenvalue weighted by atomic mass is 15.0. The molecule has 4 heteroatoms. The predicted octanol–water partition coefficient (Wildman–Crippen LogP) is 6.78. The Bertz CT molecular complexity index is 1190. The van der Waals surface area contributed by atoms with E-state index in [0.717, 1.165) is 44.8 Å².